The molecule has 0 aliphatic heterocycles. The molecular weight excluding hydrogens is 182 g/mol. The molecule has 80 valence electrons. The van der Waals surface area contributed by atoms with Crippen molar-refractivity contribution in [2.24, 2.45) is 5.73 Å². The van der Waals surface area contributed by atoms with Crippen molar-refractivity contribution in [3.8, 4) is 0 Å². The first-order valence-corrected chi connectivity index (χ1v) is 4.78. The Morgan fingerprint density at radius 1 is 1.29 bits per heavy atom. The van der Waals surface area contributed by atoms with Crippen molar-refractivity contribution in [3.05, 3.63) is 11.6 Å². The van der Waals surface area contributed by atoms with Crippen LogP contribution in [-0.2, 0) is 14.3 Å². The van der Waals surface area contributed by atoms with Crippen LogP contribution in [0.5, 0.6) is 0 Å². The van der Waals surface area contributed by atoms with Gasteiger partial charge in [0.25, 0.3) is 0 Å². The smallest absolute Gasteiger partial charge is 0.331 e. The van der Waals surface area contributed by atoms with Gasteiger partial charge in [0.05, 0.1) is 6.61 Å². The lowest BCUT2D eigenvalue weighted by Crippen LogP contribution is -2.16. The number of rotatable bonds is 6. The summed E-state index contributed by atoms with van der Waals surface area (Å²) in [6.07, 6.45) is 3.23. The molecule has 0 saturated carbocycles. The summed E-state index contributed by atoms with van der Waals surface area (Å²) in [6, 6.07) is 0. The van der Waals surface area contributed by atoms with E-state index in [0.29, 0.717) is 18.6 Å². The van der Waals surface area contributed by atoms with Crippen LogP contribution in [-0.4, -0.2) is 18.5 Å². The van der Waals surface area contributed by atoms with Crippen molar-refractivity contribution in [2.75, 3.05) is 6.61 Å². The van der Waals surface area contributed by atoms with Gasteiger partial charge < -0.3 is 10.5 Å². The van der Waals surface area contributed by atoms with Gasteiger partial charge in [-0.05, 0) is 12.8 Å². The van der Waals surface area contributed by atoms with E-state index in [0.717, 1.165) is 12.8 Å². The number of ether oxygens (including phenoxy) is 1. The molecule has 0 spiro atoms. The van der Waals surface area contributed by atoms with Gasteiger partial charge in [0.2, 0.25) is 5.91 Å². The van der Waals surface area contributed by atoms with E-state index in [1.807, 2.05) is 13.8 Å². The third-order valence-electron chi connectivity index (χ3n) is 1.58. The summed E-state index contributed by atoms with van der Waals surface area (Å²) in [5.74, 6) is -1.05. The Morgan fingerprint density at radius 3 is 2.36 bits per heavy atom. The zero-order chi connectivity index (χ0) is 11.0. The molecule has 0 heterocycles. The molecule has 0 aromatic heterocycles. The summed E-state index contributed by atoms with van der Waals surface area (Å²) < 4.78 is 4.80. The molecule has 2 N–H and O–H groups in total. The first kappa shape index (κ1) is 12.7. The Bertz CT molecular complexity index is 234. The number of esters is 1. The highest BCUT2D eigenvalue weighted by Crippen LogP contribution is 2.04. The van der Waals surface area contributed by atoms with Gasteiger partial charge >= 0.3 is 5.97 Å². The molecular formula is C10H17NO3. The molecule has 0 aliphatic rings. The van der Waals surface area contributed by atoms with Crippen molar-refractivity contribution in [3.63, 3.8) is 0 Å². The van der Waals surface area contributed by atoms with Crippen LogP contribution in [0.15, 0.2) is 11.6 Å². The van der Waals surface area contributed by atoms with Gasteiger partial charge in [-0.15, -0.1) is 0 Å². The average Bonchev–Trinajstić information content (AvgIpc) is 2.14. The minimum Gasteiger partial charge on any atom is -0.463 e. The molecule has 0 unspecified atom stereocenters. The first-order chi connectivity index (χ1) is 6.61. The maximum Gasteiger partial charge on any atom is 0.331 e. The third kappa shape index (κ3) is 5.35. The van der Waals surface area contributed by atoms with Gasteiger partial charge in [-0.2, -0.15) is 0 Å². The average molecular weight is 199 g/mol. The minimum absolute atomic E-state index is 0.327. The fourth-order valence-electron chi connectivity index (χ4n) is 0.922. The molecule has 0 bridgehead atoms. The van der Waals surface area contributed by atoms with Crippen LogP contribution in [0.1, 0.15) is 33.1 Å². The number of primary amides is 1. The largest absolute Gasteiger partial charge is 0.463 e. The van der Waals surface area contributed by atoms with Crippen molar-refractivity contribution >= 4 is 11.9 Å². The minimum atomic E-state index is -0.555. The van der Waals surface area contributed by atoms with Crippen LogP contribution < -0.4 is 5.73 Å². The Balaban J connectivity index is 4.25. The summed E-state index contributed by atoms with van der Waals surface area (Å²) in [5, 5.41) is 0. The Labute approximate surface area is 84.1 Å². The summed E-state index contributed by atoms with van der Waals surface area (Å²) in [4.78, 5) is 21.9. The van der Waals surface area contributed by atoms with Crippen LogP contribution in [0.4, 0.5) is 0 Å². The highest BCUT2D eigenvalue weighted by molar-refractivity contribution is 5.98. The predicted molar refractivity (Wildman–Crippen MR) is 53.4 cm³/mol. The summed E-state index contributed by atoms with van der Waals surface area (Å²) in [7, 11) is 0. The van der Waals surface area contributed by atoms with E-state index >= 15 is 0 Å². The molecule has 0 aliphatic carbocycles. The Hall–Kier alpha value is -1.32. The van der Waals surface area contributed by atoms with Crippen LogP contribution in [0.25, 0.3) is 0 Å². The van der Waals surface area contributed by atoms with Crippen LogP contribution in [0.3, 0.4) is 0 Å². The second-order valence-corrected chi connectivity index (χ2v) is 2.95. The van der Waals surface area contributed by atoms with E-state index in [9.17, 15) is 9.59 Å². The van der Waals surface area contributed by atoms with Gasteiger partial charge in [0, 0.05) is 11.6 Å². The number of carbonyl (C=O) groups excluding carboxylic acids is 2. The van der Waals surface area contributed by atoms with Crippen molar-refractivity contribution < 1.29 is 14.3 Å². The number of hydrogen-bond donors (Lipinski definition) is 1. The SMILES string of the molecule is CCCOC(=O)/C=C(/CCC)C(N)=O. The number of hydrogen-bond acceptors (Lipinski definition) is 3. The number of carbonyl (C=O) groups is 2. The summed E-state index contributed by atoms with van der Waals surface area (Å²) >= 11 is 0. The van der Waals surface area contributed by atoms with E-state index in [2.05, 4.69) is 0 Å². The highest BCUT2D eigenvalue weighted by atomic mass is 16.5. The molecule has 0 aromatic rings. The molecule has 14 heavy (non-hydrogen) atoms. The van der Waals surface area contributed by atoms with E-state index in [1.54, 1.807) is 0 Å². The third-order valence-corrected chi connectivity index (χ3v) is 1.58. The molecule has 4 heteroatoms. The zero-order valence-electron chi connectivity index (χ0n) is 8.71. The lowest BCUT2D eigenvalue weighted by molar-refractivity contribution is -0.138. The topological polar surface area (TPSA) is 69.4 Å². The molecule has 0 aromatic carbocycles. The maximum absolute atomic E-state index is 11.1. The van der Waals surface area contributed by atoms with E-state index in [-0.39, 0.29) is 0 Å². The summed E-state index contributed by atoms with van der Waals surface area (Å²) in [6.45, 7) is 4.18. The zero-order valence-corrected chi connectivity index (χ0v) is 8.71. The second kappa shape index (κ2) is 7.12. The van der Waals surface area contributed by atoms with Gasteiger partial charge in [-0.1, -0.05) is 20.3 Å². The fourth-order valence-corrected chi connectivity index (χ4v) is 0.922. The number of amides is 1. The van der Waals surface area contributed by atoms with Crippen molar-refractivity contribution in [1.82, 2.24) is 0 Å². The second-order valence-electron chi connectivity index (χ2n) is 2.95. The van der Waals surface area contributed by atoms with E-state index in [1.165, 1.54) is 6.08 Å². The normalized spacial score (nSPS) is 11.1. The van der Waals surface area contributed by atoms with Crippen LogP contribution >= 0.6 is 0 Å². The monoisotopic (exact) mass is 199 g/mol. The van der Waals surface area contributed by atoms with Gasteiger partial charge in [0.1, 0.15) is 0 Å². The van der Waals surface area contributed by atoms with Crippen LogP contribution in [0.2, 0.25) is 0 Å². The Kier molecular flexibility index (Phi) is 6.45. The van der Waals surface area contributed by atoms with Crippen molar-refractivity contribution in [1.29, 1.82) is 0 Å². The fraction of sp³-hybridized carbons (Fsp3) is 0.600. The Morgan fingerprint density at radius 2 is 1.93 bits per heavy atom. The molecule has 4 nitrogen and oxygen atoms in total. The lowest BCUT2D eigenvalue weighted by Gasteiger charge is -2.01. The first-order valence-electron chi connectivity index (χ1n) is 4.78. The molecule has 0 rings (SSSR count). The molecule has 0 fully saturated rings. The number of nitrogens with two attached hydrogens (primary N) is 1. The molecule has 1 amide bonds. The standard InChI is InChI=1S/C10H17NO3/c1-3-5-8(10(11)13)7-9(12)14-6-4-2/h7H,3-6H2,1-2H3,(H2,11,13)/b8-7-. The summed E-state index contributed by atoms with van der Waals surface area (Å²) in [5.41, 5.74) is 5.41. The van der Waals surface area contributed by atoms with E-state index < -0.39 is 11.9 Å². The van der Waals surface area contributed by atoms with E-state index in [4.69, 9.17) is 10.5 Å². The maximum atomic E-state index is 11.1. The van der Waals surface area contributed by atoms with Crippen molar-refractivity contribution in [2.45, 2.75) is 33.1 Å². The molecule has 0 saturated heterocycles. The predicted octanol–water partition coefficient (Wildman–Crippen LogP) is 1.15. The van der Waals surface area contributed by atoms with Gasteiger partial charge in [-0.3, -0.25) is 4.79 Å². The molecule has 0 atom stereocenters. The van der Waals surface area contributed by atoms with Gasteiger partial charge in [-0.25, -0.2) is 4.79 Å². The van der Waals surface area contributed by atoms with Gasteiger partial charge in [0.15, 0.2) is 0 Å². The highest BCUT2D eigenvalue weighted by Gasteiger charge is 2.07. The molecule has 0 radical (unpaired) electrons. The lowest BCUT2D eigenvalue weighted by atomic mass is 10.1. The van der Waals surface area contributed by atoms with Crippen LogP contribution in [0, 0.1) is 0 Å². The quantitative estimate of drug-likeness (QED) is 0.515.